The number of esters is 1. The van der Waals surface area contributed by atoms with Crippen LogP contribution in [-0.4, -0.2) is 27.2 Å². The molecule has 1 saturated carbocycles. The van der Waals surface area contributed by atoms with Gasteiger partial charge in [-0.15, -0.1) is 0 Å². The lowest BCUT2D eigenvalue weighted by atomic mass is 10.3. The second kappa shape index (κ2) is 5.19. The van der Waals surface area contributed by atoms with Crippen molar-refractivity contribution >= 4 is 39.6 Å². The van der Waals surface area contributed by atoms with Gasteiger partial charge >= 0.3 is 5.97 Å². The van der Waals surface area contributed by atoms with E-state index in [0.29, 0.717) is 17.0 Å². The fourth-order valence-corrected chi connectivity index (χ4v) is 3.01. The molecule has 106 valence electrons. The normalized spacial score (nSPS) is 14.7. The molecule has 3 rings (SSSR count). The molecule has 0 N–H and O–H groups in total. The van der Waals surface area contributed by atoms with Gasteiger partial charge in [0.15, 0.2) is 0 Å². The highest BCUT2D eigenvalue weighted by Crippen LogP contribution is 2.30. The quantitative estimate of drug-likeness (QED) is 0.588. The molecule has 0 amide bonds. The molecule has 1 aliphatic carbocycles. The van der Waals surface area contributed by atoms with Crippen molar-refractivity contribution < 1.29 is 9.53 Å². The van der Waals surface area contributed by atoms with Crippen LogP contribution in [0, 0.1) is 9.49 Å². The van der Waals surface area contributed by atoms with Crippen molar-refractivity contribution in [3.8, 4) is 0 Å². The van der Waals surface area contributed by atoms with Crippen LogP contribution < -0.4 is 5.56 Å². The molecule has 0 bridgehead atoms. The van der Waals surface area contributed by atoms with E-state index in [0.717, 1.165) is 10.1 Å². The molecule has 2 aromatic heterocycles. The highest BCUT2D eigenvalue weighted by molar-refractivity contribution is 14.1. The minimum Gasteiger partial charge on any atom is -0.468 e. The topological polar surface area (TPSA) is 66.1 Å². The van der Waals surface area contributed by atoms with E-state index in [1.54, 1.807) is 21.7 Å². The molecule has 0 unspecified atom stereocenters. The summed E-state index contributed by atoms with van der Waals surface area (Å²) in [6, 6.07) is 0. The summed E-state index contributed by atoms with van der Waals surface area (Å²) in [4.78, 5) is 28.2. The number of hydrogen-bond donors (Lipinski definition) is 0. The van der Waals surface area contributed by atoms with Gasteiger partial charge in [0.1, 0.15) is 12.2 Å². The summed E-state index contributed by atoms with van der Waals surface area (Å²) < 4.78 is 8.79. The largest absolute Gasteiger partial charge is 0.468 e. The molecule has 0 aromatic carbocycles. The monoisotopic (exact) mass is 387 g/mol. The van der Waals surface area contributed by atoms with Gasteiger partial charge in [-0.1, -0.05) is 0 Å². The molecular formula is C13H14IN3O3. The van der Waals surface area contributed by atoms with Crippen LogP contribution in [-0.2, 0) is 22.6 Å². The molecule has 2 heterocycles. The van der Waals surface area contributed by atoms with E-state index in [1.807, 2.05) is 0 Å². The standard InChI is InChI=1S/C13H14IN3O3/c1-20-10(18)6-16-5-9(14)11-12(16)15-7-17(13(11)19)4-8-2-3-8/h5,7-8H,2-4,6H2,1H3. The molecule has 0 spiro atoms. The van der Waals surface area contributed by atoms with Crippen LogP contribution in [0.25, 0.3) is 11.0 Å². The third-order valence-electron chi connectivity index (χ3n) is 3.48. The lowest BCUT2D eigenvalue weighted by Gasteiger charge is -2.05. The van der Waals surface area contributed by atoms with Crippen LogP contribution in [0.3, 0.4) is 0 Å². The Morgan fingerprint density at radius 3 is 2.90 bits per heavy atom. The van der Waals surface area contributed by atoms with Crippen LogP contribution in [0.5, 0.6) is 0 Å². The van der Waals surface area contributed by atoms with Crippen LogP contribution in [0.4, 0.5) is 0 Å². The highest BCUT2D eigenvalue weighted by Gasteiger charge is 2.23. The Bertz CT molecular complexity index is 730. The van der Waals surface area contributed by atoms with Gasteiger partial charge in [-0.05, 0) is 41.4 Å². The van der Waals surface area contributed by atoms with Gasteiger partial charge in [0, 0.05) is 16.3 Å². The Kier molecular flexibility index (Phi) is 3.53. The number of rotatable bonds is 4. The van der Waals surface area contributed by atoms with E-state index in [-0.39, 0.29) is 18.1 Å². The lowest BCUT2D eigenvalue weighted by Crippen LogP contribution is -2.22. The number of aromatic nitrogens is 3. The minimum atomic E-state index is -0.359. The van der Waals surface area contributed by atoms with Crippen molar-refractivity contribution in [2.45, 2.75) is 25.9 Å². The first kappa shape index (κ1) is 13.6. The molecular weight excluding hydrogens is 373 g/mol. The molecule has 0 aliphatic heterocycles. The van der Waals surface area contributed by atoms with Crippen LogP contribution in [0.1, 0.15) is 12.8 Å². The van der Waals surface area contributed by atoms with Gasteiger partial charge in [-0.2, -0.15) is 0 Å². The smallest absolute Gasteiger partial charge is 0.325 e. The maximum absolute atomic E-state index is 12.5. The van der Waals surface area contributed by atoms with E-state index in [9.17, 15) is 9.59 Å². The predicted octanol–water partition coefficient (Wildman–Crippen LogP) is 1.39. The Balaban J connectivity index is 2.06. The SMILES string of the molecule is COC(=O)Cn1cc(I)c2c(=O)n(CC3CC3)cnc21. The van der Waals surface area contributed by atoms with Gasteiger partial charge < -0.3 is 9.30 Å². The number of ether oxygens (including phenoxy) is 1. The Morgan fingerprint density at radius 2 is 2.25 bits per heavy atom. The van der Waals surface area contributed by atoms with Crippen LogP contribution in [0.2, 0.25) is 0 Å². The maximum atomic E-state index is 12.5. The summed E-state index contributed by atoms with van der Waals surface area (Å²) >= 11 is 2.10. The Labute approximate surface area is 128 Å². The third kappa shape index (κ3) is 2.46. The van der Waals surface area contributed by atoms with Crippen molar-refractivity contribution in [2.75, 3.05) is 7.11 Å². The van der Waals surface area contributed by atoms with Gasteiger partial charge in [-0.3, -0.25) is 14.2 Å². The lowest BCUT2D eigenvalue weighted by molar-refractivity contribution is -0.141. The van der Waals surface area contributed by atoms with Gasteiger partial charge in [0.05, 0.1) is 18.8 Å². The number of carbonyl (C=O) groups is 1. The van der Waals surface area contributed by atoms with Crippen molar-refractivity contribution in [2.24, 2.45) is 5.92 Å². The zero-order valence-electron chi connectivity index (χ0n) is 11.0. The zero-order chi connectivity index (χ0) is 14.3. The summed E-state index contributed by atoms with van der Waals surface area (Å²) in [6.07, 6.45) is 5.71. The molecule has 0 saturated heterocycles. The molecule has 1 fully saturated rings. The molecule has 1 aliphatic rings. The van der Waals surface area contributed by atoms with Crippen molar-refractivity contribution in [3.05, 3.63) is 26.4 Å². The number of fused-ring (bicyclic) bond motifs is 1. The average Bonchev–Trinajstić information content (AvgIpc) is 3.18. The second-order valence-electron chi connectivity index (χ2n) is 5.03. The van der Waals surface area contributed by atoms with E-state index in [4.69, 9.17) is 0 Å². The first-order valence-electron chi connectivity index (χ1n) is 6.40. The summed E-state index contributed by atoms with van der Waals surface area (Å²) in [6.45, 7) is 0.801. The molecule has 7 heteroatoms. The Morgan fingerprint density at radius 1 is 1.50 bits per heavy atom. The minimum absolute atomic E-state index is 0.0325. The van der Waals surface area contributed by atoms with Crippen molar-refractivity contribution in [1.29, 1.82) is 0 Å². The van der Waals surface area contributed by atoms with E-state index >= 15 is 0 Å². The first-order chi connectivity index (χ1) is 9.60. The molecule has 0 atom stereocenters. The fourth-order valence-electron chi connectivity index (χ4n) is 2.20. The predicted molar refractivity (Wildman–Crippen MR) is 81.5 cm³/mol. The number of carbonyl (C=O) groups excluding carboxylic acids is 1. The number of halogens is 1. The molecule has 0 radical (unpaired) electrons. The molecule has 2 aromatic rings. The third-order valence-corrected chi connectivity index (χ3v) is 4.29. The number of nitrogens with zero attached hydrogens (tertiary/aromatic N) is 3. The molecule has 20 heavy (non-hydrogen) atoms. The van der Waals surface area contributed by atoms with Crippen LogP contribution >= 0.6 is 22.6 Å². The van der Waals surface area contributed by atoms with E-state index in [1.165, 1.54) is 20.0 Å². The van der Waals surface area contributed by atoms with Crippen molar-refractivity contribution in [3.63, 3.8) is 0 Å². The first-order valence-corrected chi connectivity index (χ1v) is 7.48. The highest BCUT2D eigenvalue weighted by atomic mass is 127. The average molecular weight is 387 g/mol. The summed E-state index contributed by atoms with van der Waals surface area (Å²) in [5, 5.41) is 0.581. The van der Waals surface area contributed by atoms with Gasteiger partial charge in [-0.25, -0.2) is 4.98 Å². The van der Waals surface area contributed by atoms with Gasteiger partial charge in [0.25, 0.3) is 5.56 Å². The second-order valence-corrected chi connectivity index (χ2v) is 6.19. The van der Waals surface area contributed by atoms with Crippen molar-refractivity contribution in [1.82, 2.24) is 14.1 Å². The number of hydrogen-bond acceptors (Lipinski definition) is 4. The summed E-state index contributed by atoms with van der Waals surface area (Å²) in [7, 11) is 1.34. The van der Waals surface area contributed by atoms with Gasteiger partial charge in [0.2, 0.25) is 0 Å². The zero-order valence-corrected chi connectivity index (χ0v) is 13.2. The maximum Gasteiger partial charge on any atom is 0.325 e. The van der Waals surface area contributed by atoms with E-state index < -0.39 is 0 Å². The van der Waals surface area contributed by atoms with Crippen LogP contribution in [0.15, 0.2) is 17.3 Å². The summed E-state index contributed by atoms with van der Waals surface area (Å²) in [5.74, 6) is 0.254. The molecule has 6 nitrogen and oxygen atoms in total. The number of methoxy groups -OCH3 is 1. The Hall–Kier alpha value is -1.38. The summed E-state index contributed by atoms with van der Waals surface area (Å²) in [5.41, 5.74) is 0.506. The van der Waals surface area contributed by atoms with E-state index in [2.05, 4.69) is 32.3 Å². The fraction of sp³-hybridized carbons (Fsp3) is 0.462.